The van der Waals surface area contributed by atoms with Crippen molar-refractivity contribution in [3.8, 4) is 5.75 Å². The van der Waals surface area contributed by atoms with Gasteiger partial charge in [-0.15, -0.1) is 24.0 Å². The van der Waals surface area contributed by atoms with E-state index in [1.54, 1.807) is 6.26 Å². The lowest BCUT2D eigenvalue weighted by Crippen LogP contribution is -2.36. The Hall–Kier alpha value is -1.70. The third-order valence-corrected chi connectivity index (χ3v) is 3.32. The summed E-state index contributed by atoms with van der Waals surface area (Å²) in [5.41, 5.74) is 2.82. The van der Waals surface area contributed by atoms with Crippen LogP contribution in [0.5, 0.6) is 5.75 Å². The lowest BCUT2D eigenvalue weighted by Gasteiger charge is -2.11. The van der Waals surface area contributed by atoms with Gasteiger partial charge in [0.2, 0.25) is 0 Å². The average Bonchev–Trinajstić information content (AvgIpc) is 3.01. The van der Waals surface area contributed by atoms with E-state index in [1.807, 2.05) is 45.0 Å². The van der Waals surface area contributed by atoms with Crippen LogP contribution in [0.15, 0.2) is 39.9 Å². The summed E-state index contributed by atoms with van der Waals surface area (Å²) in [5, 5.41) is 16.2. The summed E-state index contributed by atoms with van der Waals surface area (Å²) in [4.78, 5) is 4.57. The molecule has 0 unspecified atom stereocenters. The summed E-state index contributed by atoms with van der Waals surface area (Å²) in [5.74, 6) is 1.96. The zero-order valence-electron chi connectivity index (χ0n) is 13.7. The molecule has 0 saturated heterocycles. The van der Waals surface area contributed by atoms with Crippen LogP contribution in [0.4, 0.5) is 0 Å². The van der Waals surface area contributed by atoms with Crippen molar-refractivity contribution in [1.82, 2.24) is 10.6 Å². The molecule has 23 heavy (non-hydrogen) atoms. The standard InChI is InChI=1S/C17H23N3O2.HI/c1-4-18-17(20-11-15-6-5-7-22-15)19-10-14-8-12(2)16(21)13(3)9-14;/h5-9,21H,4,10-11H2,1-3H3,(H2,18,19,20);1H. The molecule has 0 aliphatic carbocycles. The van der Waals surface area contributed by atoms with Crippen LogP contribution >= 0.6 is 24.0 Å². The summed E-state index contributed by atoms with van der Waals surface area (Å²) in [7, 11) is 0. The molecule has 0 saturated carbocycles. The van der Waals surface area contributed by atoms with Crippen LogP contribution in [0.25, 0.3) is 0 Å². The lowest BCUT2D eigenvalue weighted by atomic mass is 10.1. The second-order valence-electron chi connectivity index (χ2n) is 5.21. The Bertz CT molecular complexity index is 616. The van der Waals surface area contributed by atoms with Gasteiger partial charge in [-0.2, -0.15) is 0 Å². The first-order chi connectivity index (χ1) is 10.6. The van der Waals surface area contributed by atoms with Crippen LogP contribution in [0.1, 0.15) is 29.4 Å². The van der Waals surface area contributed by atoms with Gasteiger partial charge in [0.1, 0.15) is 11.5 Å². The minimum absolute atomic E-state index is 0. The molecular weight excluding hydrogens is 405 g/mol. The average molecular weight is 429 g/mol. The molecule has 0 bridgehead atoms. The van der Waals surface area contributed by atoms with Crippen molar-refractivity contribution < 1.29 is 9.52 Å². The van der Waals surface area contributed by atoms with Crippen molar-refractivity contribution in [2.75, 3.05) is 6.54 Å². The molecule has 2 rings (SSSR count). The van der Waals surface area contributed by atoms with Crippen molar-refractivity contribution >= 4 is 29.9 Å². The van der Waals surface area contributed by atoms with Gasteiger partial charge in [-0.3, -0.25) is 0 Å². The Morgan fingerprint density at radius 1 is 1.22 bits per heavy atom. The van der Waals surface area contributed by atoms with Crippen molar-refractivity contribution in [3.63, 3.8) is 0 Å². The number of nitrogens with zero attached hydrogens (tertiary/aromatic N) is 1. The second kappa shape index (κ2) is 9.44. The number of hydrogen-bond donors (Lipinski definition) is 3. The maximum Gasteiger partial charge on any atom is 0.191 e. The van der Waals surface area contributed by atoms with E-state index in [2.05, 4.69) is 15.6 Å². The van der Waals surface area contributed by atoms with Gasteiger partial charge < -0.3 is 20.2 Å². The van der Waals surface area contributed by atoms with E-state index in [0.29, 0.717) is 18.8 Å². The molecule has 5 nitrogen and oxygen atoms in total. The molecule has 126 valence electrons. The van der Waals surface area contributed by atoms with E-state index in [9.17, 15) is 5.11 Å². The Kier molecular flexibility index (Phi) is 7.94. The van der Waals surface area contributed by atoms with Gasteiger partial charge in [0.15, 0.2) is 5.96 Å². The summed E-state index contributed by atoms with van der Waals surface area (Å²) in [6.07, 6.45) is 1.66. The molecule has 3 N–H and O–H groups in total. The predicted molar refractivity (Wildman–Crippen MR) is 103 cm³/mol. The van der Waals surface area contributed by atoms with Crippen LogP contribution in [0, 0.1) is 13.8 Å². The van der Waals surface area contributed by atoms with Crippen LogP contribution in [-0.4, -0.2) is 17.6 Å². The molecule has 1 aromatic carbocycles. The zero-order chi connectivity index (χ0) is 15.9. The van der Waals surface area contributed by atoms with Crippen LogP contribution in [0.2, 0.25) is 0 Å². The van der Waals surface area contributed by atoms with E-state index >= 15 is 0 Å². The third kappa shape index (κ3) is 5.78. The van der Waals surface area contributed by atoms with Gasteiger partial charge in [0.25, 0.3) is 0 Å². The second-order valence-corrected chi connectivity index (χ2v) is 5.21. The zero-order valence-corrected chi connectivity index (χ0v) is 16.0. The predicted octanol–water partition coefficient (Wildman–Crippen LogP) is 3.48. The van der Waals surface area contributed by atoms with Gasteiger partial charge >= 0.3 is 0 Å². The number of furan rings is 1. The largest absolute Gasteiger partial charge is 0.507 e. The summed E-state index contributed by atoms with van der Waals surface area (Å²) < 4.78 is 5.30. The monoisotopic (exact) mass is 429 g/mol. The van der Waals surface area contributed by atoms with E-state index in [-0.39, 0.29) is 24.0 Å². The molecule has 0 fully saturated rings. The summed E-state index contributed by atoms with van der Waals surface area (Å²) >= 11 is 0. The van der Waals surface area contributed by atoms with Crippen LogP contribution in [-0.2, 0) is 13.1 Å². The minimum Gasteiger partial charge on any atom is -0.507 e. The number of phenolic OH excluding ortho intramolecular Hbond substituents is 1. The molecule has 1 heterocycles. The number of halogens is 1. The smallest absolute Gasteiger partial charge is 0.191 e. The number of aromatic hydroxyl groups is 1. The van der Waals surface area contributed by atoms with Crippen LogP contribution in [0.3, 0.4) is 0 Å². The van der Waals surface area contributed by atoms with Crippen molar-refractivity contribution in [3.05, 3.63) is 53.0 Å². The third-order valence-electron chi connectivity index (χ3n) is 3.32. The summed E-state index contributed by atoms with van der Waals surface area (Å²) in [6, 6.07) is 7.70. The number of aryl methyl sites for hydroxylation is 2. The molecule has 0 spiro atoms. The number of rotatable bonds is 5. The molecule has 0 atom stereocenters. The van der Waals surface area contributed by atoms with Gasteiger partial charge in [-0.1, -0.05) is 12.1 Å². The molecule has 2 aromatic rings. The number of hydrogen-bond acceptors (Lipinski definition) is 3. The van der Waals surface area contributed by atoms with E-state index < -0.39 is 0 Å². The lowest BCUT2D eigenvalue weighted by molar-refractivity contribution is 0.466. The number of nitrogens with one attached hydrogen (secondary N) is 2. The fraction of sp³-hybridized carbons (Fsp3) is 0.353. The first-order valence-corrected chi connectivity index (χ1v) is 7.43. The van der Waals surface area contributed by atoms with E-state index in [4.69, 9.17) is 4.42 Å². The first kappa shape index (κ1) is 19.3. The highest BCUT2D eigenvalue weighted by atomic mass is 127. The number of benzene rings is 1. The molecule has 0 aliphatic rings. The van der Waals surface area contributed by atoms with E-state index in [1.165, 1.54) is 0 Å². The highest BCUT2D eigenvalue weighted by molar-refractivity contribution is 14.0. The number of aliphatic imine (C=N–C) groups is 1. The van der Waals surface area contributed by atoms with Gasteiger partial charge in [-0.25, -0.2) is 4.99 Å². The van der Waals surface area contributed by atoms with Crippen molar-refractivity contribution in [2.45, 2.75) is 33.9 Å². The summed E-state index contributed by atoms with van der Waals surface area (Å²) in [6.45, 7) is 7.75. The molecule has 1 aromatic heterocycles. The topological polar surface area (TPSA) is 69.8 Å². The number of guanidine groups is 1. The van der Waals surface area contributed by atoms with Crippen molar-refractivity contribution in [2.24, 2.45) is 4.99 Å². The first-order valence-electron chi connectivity index (χ1n) is 7.43. The highest BCUT2D eigenvalue weighted by Gasteiger charge is 2.04. The van der Waals surface area contributed by atoms with Crippen LogP contribution < -0.4 is 10.6 Å². The van der Waals surface area contributed by atoms with Gasteiger partial charge in [0.05, 0.1) is 19.4 Å². The van der Waals surface area contributed by atoms with E-state index in [0.717, 1.165) is 35.0 Å². The van der Waals surface area contributed by atoms with Gasteiger partial charge in [-0.05, 0) is 49.6 Å². The Labute approximate surface area is 154 Å². The fourth-order valence-corrected chi connectivity index (χ4v) is 2.23. The molecule has 6 heteroatoms. The minimum atomic E-state index is 0. The Balaban J connectivity index is 0.00000264. The molecule has 0 amide bonds. The SMILES string of the molecule is CCNC(=NCc1cc(C)c(O)c(C)c1)NCc1ccco1.I. The molecular formula is C17H24IN3O2. The van der Waals surface area contributed by atoms with Crippen molar-refractivity contribution in [1.29, 1.82) is 0 Å². The maximum atomic E-state index is 9.81. The highest BCUT2D eigenvalue weighted by Crippen LogP contribution is 2.23. The Morgan fingerprint density at radius 2 is 1.91 bits per heavy atom. The quantitative estimate of drug-likeness (QED) is 0.387. The van der Waals surface area contributed by atoms with Gasteiger partial charge in [0, 0.05) is 6.54 Å². The Morgan fingerprint density at radius 3 is 2.48 bits per heavy atom. The molecule has 0 aliphatic heterocycles. The maximum absolute atomic E-state index is 9.81. The normalized spacial score (nSPS) is 11.0. The number of phenols is 1. The fourth-order valence-electron chi connectivity index (χ4n) is 2.23. The molecule has 0 radical (unpaired) electrons.